The van der Waals surface area contributed by atoms with E-state index in [0.717, 1.165) is 12.8 Å². The molecule has 0 aromatic carbocycles. The first-order valence-corrected chi connectivity index (χ1v) is 3.63. The van der Waals surface area contributed by atoms with E-state index in [1.807, 2.05) is 6.20 Å². The Morgan fingerprint density at radius 2 is 2.18 bits per heavy atom. The monoisotopic (exact) mass is 322 g/mol. The topological polar surface area (TPSA) is 27.0 Å². The molecule has 11 heavy (non-hydrogen) atoms. The molecule has 61 valence electrons. The first kappa shape index (κ1) is 8.96. The van der Waals surface area contributed by atoms with Crippen molar-refractivity contribution in [2.24, 2.45) is 5.41 Å². The summed E-state index contributed by atoms with van der Waals surface area (Å²) in [6.45, 7) is 4.54. The minimum atomic E-state index is 0. The average molecular weight is 321 g/mol. The van der Waals surface area contributed by atoms with E-state index in [1.165, 1.54) is 11.3 Å². The van der Waals surface area contributed by atoms with Gasteiger partial charge in [-0.3, -0.25) is 0 Å². The van der Waals surface area contributed by atoms with Crippen molar-refractivity contribution < 1.29 is 20.4 Å². The number of fused-ring (bicyclic) bond motifs is 1. The number of rotatable bonds is 0. The SMILES string of the molecule is CC1(C)Cc2c[n-]nc2C1.[Re]. The summed E-state index contributed by atoms with van der Waals surface area (Å²) in [6, 6.07) is 0. The summed E-state index contributed by atoms with van der Waals surface area (Å²) in [5, 5.41) is 7.90. The van der Waals surface area contributed by atoms with Crippen LogP contribution in [0.5, 0.6) is 0 Å². The molecule has 0 saturated heterocycles. The Kier molecular flexibility index (Phi) is 2.22. The molecule has 1 aromatic rings. The van der Waals surface area contributed by atoms with Crippen molar-refractivity contribution in [2.45, 2.75) is 26.7 Å². The molecule has 0 atom stereocenters. The molecule has 0 saturated carbocycles. The van der Waals surface area contributed by atoms with Crippen molar-refractivity contribution in [3.63, 3.8) is 0 Å². The van der Waals surface area contributed by atoms with Crippen molar-refractivity contribution in [3.05, 3.63) is 17.5 Å². The predicted molar refractivity (Wildman–Crippen MR) is 38.7 cm³/mol. The van der Waals surface area contributed by atoms with Crippen LogP contribution < -0.4 is 5.10 Å². The zero-order valence-electron chi connectivity index (χ0n) is 6.76. The van der Waals surface area contributed by atoms with Crippen LogP contribution in [0, 0.1) is 5.41 Å². The van der Waals surface area contributed by atoms with Gasteiger partial charge in [-0.1, -0.05) is 13.8 Å². The smallest absolute Gasteiger partial charge is 0.0198 e. The summed E-state index contributed by atoms with van der Waals surface area (Å²) in [5.74, 6) is 0. The van der Waals surface area contributed by atoms with Gasteiger partial charge in [-0.15, -0.1) is 0 Å². The minimum absolute atomic E-state index is 0. The average Bonchev–Trinajstić information content (AvgIpc) is 2.20. The number of nitrogens with zero attached hydrogens (tertiary/aromatic N) is 2. The normalized spacial score (nSPS) is 19.1. The van der Waals surface area contributed by atoms with Gasteiger partial charge in [0.25, 0.3) is 0 Å². The summed E-state index contributed by atoms with van der Waals surface area (Å²) in [7, 11) is 0. The van der Waals surface area contributed by atoms with Crippen LogP contribution in [0.3, 0.4) is 0 Å². The standard InChI is InChI=1S/C8H11N2.Re/c1-8(2)3-6-5-9-10-7(6)4-8;/h5H,3-4H2,1-2H3;/q-1;. The maximum Gasteiger partial charge on any atom is 0.0198 e. The van der Waals surface area contributed by atoms with Gasteiger partial charge in [0.05, 0.1) is 0 Å². The molecule has 0 bridgehead atoms. The fraction of sp³-hybridized carbons (Fsp3) is 0.625. The first-order chi connectivity index (χ1) is 4.67. The van der Waals surface area contributed by atoms with Crippen LogP contribution in [-0.2, 0) is 33.3 Å². The number of hydrogen-bond acceptors (Lipinski definition) is 1. The Balaban J connectivity index is 0.000000605. The summed E-state index contributed by atoms with van der Waals surface area (Å²) in [5.41, 5.74) is 3.00. The van der Waals surface area contributed by atoms with E-state index >= 15 is 0 Å². The van der Waals surface area contributed by atoms with Crippen LogP contribution in [0.25, 0.3) is 0 Å². The Morgan fingerprint density at radius 1 is 1.45 bits per heavy atom. The third-order valence-corrected chi connectivity index (χ3v) is 2.08. The third kappa shape index (κ3) is 1.55. The van der Waals surface area contributed by atoms with Crippen LogP contribution in [0.1, 0.15) is 25.1 Å². The van der Waals surface area contributed by atoms with Crippen molar-refractivity contribution >= 4 is 0 Å². The molecular weight excluding hydrogens is 310 g/mol. The van der Waals surface area contributed by atoms with Gasteiger partial charge in [0.1, 0.15) is 0 Å². The predicted octanol–water partition coefficient (Wildman–Crippen LogP) is 1.16. The third-order valence-electron chi connectivity index (χ3n) is 2.08. The second-order valence-electron chi connectivity index (χ2n) is 3.83. The van der Waals surface area contributed by atoms with E-state index in [1.54, 1.807) is 0 Å². The second-order valence-corrected chi connectivity index (χ2v) is 3.83. The molecular formula is C8H11N2Re-. The van der Waals surface area contributed by atoms with E-state index in [2.05, 4.69) is 24.0 Å². The molecule has 0 amide bonds. The Bertz CT molecular complexity index is 230. The molecule has 2 rings (SSSR count). The summed E-state index contributed by atoms with van der Waals surface area (Å²) < 4.78 is 0. The molecule has 0 spiro atoms. The van der Waals surface area contributed by atoms with E-state index in [-0.39, 0.29) is 20.4 Å². The largest absolute Gasteiger partial charge is 0.581 e. The summed E-state index contributed by atoms with van der Waals surface area (Å²) >= 11 is 0. The quantitative estimate of drug-likeness (QED) is 0.717. The van der Waals surface area contributed by atoms with Crippen molar-refractivity contribution in [3.8, 4) is 0 Å². The van der Waals surface area contributed by atoms with Crippen LogP contribution in [0.15, 0.2) is 6.20 Å². The maximum absolute atomic E-state index is 4.04. The Labute approximate surface area is 80.4 Å². The fourth-order valence-corrected chi connectivity index (χ4v) is 1.63. The second kappa shape index (κ2) is 2.73. The molecule has 1 radical (unpaired) electrons. The number of hydrogen-bond donors (Lipinski definition) is 0. The molecule has 3 heteroatoms. The van der Waals surface area contributed by atoms with E-state index in [4.69, 9.17) is 0 Å². The molecule has 1 aliphatic rings. The van der Waals surface area contributed by atoms with Gasteiger partial charge in [-0.2, -0.15) is 6.20 Å². The summed E-state index contributed by atoms with van der Waals surface area (Å²) in [4.78, 5) is 0. The van der Waals surface area contributed by atoms with Gasteiger partial charge < -0.3 is 10.2 Å². The molecule has 1 aliphatic carbocycles. The minimum Gasteiger partial charge on any atom is -0.581 e. The molecule has 0 unspecified atom stereocenters. The molecule has 1 aromatic heterocycles. The maximum atomic E-state index is 4.04. The first-order valence-electron chi connectivity index (χ1n) is 3.63. The zero-order chi connectivity index (χ0) is 7.19. The summed E-state index contributed by atoms with van der Waals surface area (Å²) in [6.07, 6.45) is 4.14. The van der Waals surface area contributed by atoms with E-state index in [9.17, 15) is 0 Å². The van der Waals surface area contributed by atoms with Gasteiger partial charge in [0, 0.05) is 26.1 Å². The van der Waals surface area contributed by atoms with E-state index < -0.39 is 0 Å². The van der Waals surface area contributed by atoms with Gasteiger partial charge in [-0.25, -0.2) is 0 Å². The molecule has 0 N–H and O–H groups in total. The molecule has 0 aliphatic heterocycles. The molecule has 0 fully saturated rings. The zero-order valence-corrected chi connectivity index (χ0v) is 9.48. The van der Waals surface area contributed by atoms with Crippen LogP contribution in [0.4, 0.5) is 0 Å². The number of aromatic nitrogens is 2. The van der Waals surface area contributed by atoms with Crippen molar-refractivity contribution in [2.75, 3.05) is 0 Å². The van der Waals surface area contributed by atoms with Crippen LogP contribution in [0.2, 0.25) is 0 Å². The van der Waals surface area contributed by atoms with Crippen molar-refractivity contribution in [1.82, 2.24) is 10.2 Å². The van der Waals surface area contributed by atoms with Crippen molar-refractivity contribution in [1.29, 1.82) is 0 Å². The van der Waals surface area contributed by atoms with Gasteiger partial charge in [0.2, 0.25) is 0 Å². The van der Waals surface area contributed by atoms with Gasteiger partial charge >= 0.3 is 0 Å². The van der Waals surface area contributed by atoms with Gasteiger partial charge in [-0.05, 0) is 23.8 Å². The Hall–Kier alpha value is -0.128. The molecule has 1 heterocycles. The van der Waals surface area contributed by atoms with Gasteiger partial charge in [0.15, 0.2) is 0 Å². The van der Waals surface area contributed by atoms with Crippen LogP contribution in [-0.4, -0.2) is 5.10 Å². The fourth-order valence-electron chi connectivity index (χ4n) is 1.63. The van der Waals surface area contributed by atoms with E-state index in [0.29, 0.717) is 5.41 Å². The molecule has 2 nitrogen and oxygen atoms in total. The Morgan fingerprint density at radius 3 is 2.82 bits per heavy atom. The van der Waals surface area contributed by atoms with Crippen LogP contribution >= 0.6 is 0 Å².